The molecule has 4 rings (SSSR count). The largest absolute Gasteiger partial charge is 0.399 e. The fourth-order valence-corrected chi connectivity index (χ4v) is 4.03. The zero-order valence-electron chi connectivity index (χ0n) is 15.1. The molecule has 1 aliphatic carbocycles. The maximum absolute atomic E-state index is 14.3. The average molecular weight is 440 g/mol. The van der Waals surface area contributed by atoms with Crippen LogP contribution in [-0.2, 0) is 5.54 Å². The third-order valence-corrected chi connectivity index (χ3v) is 5.70. The van der Waals surface area contributed by atoms with E-state index < -0.39 is 0 Å². The van der Waals surface area contributed by atoms with Gasteiger partial charge >= 0.3 is 0 Å². The van der Waals surface area contributed by atoms with Crippen molar-refractivity contribution in [3.8, 4) is 11.3 Å². The number of hydrogen-bond acceptors (Lipinski definition) is 5. The predicted octanol–water partition coefficient (Wildman–Crippen LogP) is 4.86. The lowest BCUT2D eigenvalue weighted by Gasteiger charge is -2.42. The minimum atomic E-state index is -0.382. The summed E-state index contributed by atoms with van der Waals surface area (Å²) in [5, 5.41) is 12.0. The van der Waals surface area contributed by atoms with Gasteiger partial charge in [0.25, 0.3) is 0 Å². The highest BCUT2D eigenvalue weighted by atomic mass is 79.9. The predicted molar refractivity (Wildman–Crippen MR) is 112 cm³/mol. The lowest BCUT2D eigenvalue weighted by molar-refractivity contribution is 0.274. The van der Waals surface area contributed by atoms with E-state index >= 15 is 0 Å². The van der Waals surface area contributed by atoms with Crippen molar-refractivity contribution in [2.24, 2.45) is 5.73 Å². The van der Waals surface area contributed by atoms with E-state index in [1.165, 1.54) is 6.07 Å². The van der Waals surface area contributed by atoms with Crippen molar-refractivity contribution in [1.29, 1.82) is 0 Å². The zero-order chi connectivity index (χ0) is 19.7. The third-order valence-electron chi connectivity index (χ3n) is 5.06. The third kappa shape index (κ3) is 3.38. The summed E-state index contributed by atoms with van der Waals surface area (Å²) in [6.07, 6.45) is 4.82. The van der Waals surface area contributed by atoms with Gasteiger partial charge in [0.2, 0.25) is 0 Å². The molecule has 0 atom stereocenters. The van der Waals surface area contributed by atoms with Crippen LogP contribution in [0.1, 0.15) is 30.5 Å². The minimum Gasteiger partial charge on any atom is -0.399 e. The van der Waals surface area contributed by atoms with Crippen molar-refractivity contribution in [3.05, 3.63) is 76.8 Å². The van der Waals surface area contributed by atoms with Gasteiger partial charge in [-0.05, 0) is 83.2 Å². The SMILES string of the molecule is C=C(N)c1ccc(F)c(-c2ccc(NC3(c4ncccc4Br)CCC3)nn2)c1. The molecular weight excluding hydrogens is 421 g/mol. The van der Waals surface area contributed by atoms with Crippen LogP contribution in [-0.4, -0.2) is 15.2 Å². The molecule has 3 aromatic rings. The van der Waals surface area contributed by atoms with Gasteiger partial charge in [0.05, 0.1) is 16.9 Å². The van der Waals surface area contributed by atoms with Gasteiger partial charge in [0.15, 0.2) is 0 Å². The van der Waals surface area contributed by atoms with Gasteiger partial charge in [-0.3, -0.25) is 4.98 Å². The number of hydrogen-bond donors (Lipinski definition) is 2. The summed E-state index contributed by atoms with van der Waals surface area (Å²) in [5.41, 5.74) is 8.24. The van der Waals surface area contributed by atoms with E-state index in [1.807, 2.05) is 18.2 Å². The molecule has 0 radical (unpaired) electrons. The first-order valence-electron chi connectivity index (χ1n) is 8.96. The molecule has 0 bridgehead atoms. The van der Waals surface area contributed by atoms with Crippen molar-refractivity contribution < 1.29 is 4.39 Å². The van der Waals surface area contributed by atoms with Gasteiger partial charge in [-0.1, -0.05) is 6.58 Å². The minimum absolute atomic E-state index is 0.265. The van der Waals surface area contributed by atoms with Gasteiger partial charge in [0.1, 0.15) is 11.6 Å². The molecule has 7 heteroatoms. The molecule has 3 N–H and O–H groups in total. The van der Waals surface area contributed by atoms with Crippen LogP contribution < -0.4 is 11.1 Å². The summed E-state index contributed by atoms with van der Waals surface area (Å²) >= 11 is 3.59. The van der Waals surface area contributed by atoms with Crippen LogP contribution in [0, 0.1) is 5.82 Å². The lowest BCUT2D eigenvalue weighted by atomic mass is 9.74. The lowest BCUT2D eigenvalue weighted by Crippen LogP contribution is -2.43. The Balaban J connectivity index is 1.62. The molecule has 0 spiro atoms. The highest BCUT2D eigenvalue weighted by Crippen LogP contribution is 2.45. The normalized spacial score (nSPS) is 14.9. The van der Waals surface area contributed by atoms with Gasteiger partial charge in [0, 0.05) is 21.9 Å². The molecule has 5 nitrogen and oxygen atoms in total. The molecule has 2 aromatic heterocycles. The van der Waals surface area contributed by atoms with E-state index in [9.17, 15) is 4.39 Å². The molecule has 2 heterocycles. The molecule has 142 valence electrons. The van der Waals surface area contributed by atoms with Crippen molar-refractivity contribution in [3.63, 3.8) is 0 Å². The number of aromatic nitrogens is 3. The average Bonchev–Trinajstić information content (AvgIpc) is 2.66. The van der Waals surface area contributed by atoms with Crippen LogP contribution in [0.3, 0.4) is 0 Å². The number of benzene rings is 1. The molecule has 1 aromatic carbocycles. The first kappa shape index (κ1) is 18.6. The molecule has 28 heavy (non-hydrogen) atoms. The molecule has 0 amide bonds. The van der Waals surface area contributed by atoms with E-state index in [0.29, 0.717) is 28.3 Å². The molecule has 0 unspecified atom stereocenters. The topological polar surface area (TPSA) is 76.7 Å². The number of rotatable bonds is 5. The van der Waals surface area contributed by atoms with E-state index in [0.717, 1.165) is 29.4 Å². The van der Waals surface area contributed by atoms with Crippen molar-refractivity contribution in [2.75, 3.05) is 5.32 Å². The number of nitrogens with one attached hydrogen (secondary N) is 1. The Labute approximate surface area is 171 Å². The summed E-state index contributed by atoms with van der Waals surface area (Å²) in [5.74, 6) is 0.244. The van der Waals surface area contributed by atoms with Gasteiger partial charge in [-0.15, -0.1) is 10.2 Å². The van der Waals surface area contributed by atoms with Crippen LogP contribution in [0.15, 0.2) is 59.7 Å². The zero-order valence-corrected chi connectivity index (χ0v) is 16.7. The fraction of sp³-hybridized carbons (Fsp3) is 0.190. The summed E-state index contributed by atoms with van der Waals surface area (Å²) in [7, 11) is 0. The summed E-state index contributed by atoms with van der Waals surface area (Å²) in [6.45, 7) is 3.70. The second-order valence-electron chi connectivity index (χ2n) is 6.92. The molecule has 0 saturated heterocycles. The maximum Gasteiger partial charge on any atom is 0.149 e. The van der Waals surface area contributed by atoms with Crippen LogP contribution in [0.5, 0.6) is 0 Å². The van der Waals surface area contributed by atoms with E-state index in [4.69, 9.17) is 5.73 Å². The Morgan fingerprint density at radius 1 is 1.18 bits per heavy atom. The second-order valence-corrected chi connectivity index (χ2v) is 7.77. The molecule has 1 saturated carbocycles. The number of anilines is 1. The second kappa shape index (κ2) is 7.31. The Hall–Kier alpha value is -2.80. The Morgan fingerprint density at radius 2 is 2.00 bits per heavy atom. The van der Waals surface area contributed by atoms with Crippen molar-refractivity contribution in [1.82, 2.24) is 15.2 Å². The number of halogens is 2. The van der Waals surface area contributed by atoms with E-state index in [1.54, 1.807) is 24.4 Å². The summed E-state index contributed by atoms with van der Waals surface area (Å²) in [6, 6.07) is 12.0. The maximum atomic E-state index is 14.3. The molecule has 0 aliphatic heterocycles. The Morgan fingerprint density at radius 3 is 2.61 bits per heavy atom. The van der Waals surface area contributed by atoms with Crippen LogP contribution >= 0.6 is 15.9 Å². The first-order chi connectivity index (χ1) is 13.5. The number of pyridine rings is 1. The Kier molecular flexibility index (Phi) is 4.85. The van der Waals surface area contributed by atoms with Gasteiger partial charge in [-0.25, -0.2) is 4.39 Å². The van der Waals surface area contributed by atoms with Gasteiger partial charge < -0.3 is 11.1 Å². The monoisotopic (exact) mass is 439 g/mol. The van der Waals surface area contributed by atoms with Crippen molar-refractivity contribution >= 4 is 27.4 Å². The number of nitrogens with two attached hydrogens (primary N) is 1. The highest BCUT2D eigenvalue weighted by molar-refractivity contribution is 9.10. The van der Waals surface area contributed by atoms with E-state index in [-0.39, 0.29) is 11.4 Å². The highest BCUT2D eigenvalue weighted by Gasteiger charge is 2.41. The summed E-state index contributed by atoms with van der Waals surface area (Å²) in [4.78, 5) is 4.54. The van der Waals surface area contributed by atoms with Crippen LogP contribution in [0.2, 0.25) is 0 Å². The van der Waals surface area contributed by atoms with Crippen molar-refractivity contribution in [2.45, 2.75) is 24.8 Å². The number of nitrogens with zero attached hydrogens (tertiary/aromatic N) is 3. The Bertz CT molecular complexity index is 1030. The van der Waals surface area contributed by atoms with Gasteiger partial charge in [-0.2, -0.15) is 0 Å². The van der Waals surface area contributed by atoms with E-state index in [2.05, 4.69) is 43.0 Å². The molecule has 1 aliphatic rings. The molecule has 1 fully saturated rings. The molecular formula is C21H19BrFN5. The van der Waals surface area contributed by atoms with Crippen LogP contribution in [0.4, 0.5) is 10.2 Å². The first-order valence-corrected chi connectivity index (χ1v) is 9.75. The fourth-order valence-electron chi connectivity index (χ4n) is 3.40. The smallest absolute Gasteiger partial charge is 0.149 e. The standard InChI is InChI=1S/C21H19BrFN5/c1-13(24)14-5-6-17(23)15(12-14)18-7-8-19(28-27-18)26-21(9-3-10-21)20-16(22)4-2-11-25-20/h2,4-8,11-12H,1,3,9-10,24H2,(H,26,28). The quantitative estimate of drug-likeness (QED) is 0.593. The summed E-state index contributed by atoms with van der Waals surface area (Å²) < 4.78 is 15.2. The van der Waals surface area contributed by atoms with Crippen LogP contribution in [0.25, 0.3) is 17.0 Å².